The lowest BCUT2D eigenvalue weighted by Crippen LogP contribution is -2.44. The third kappa shape index (κ3) is 1.75. The van der Waals surface area contributed by atoms with Gasteiger partial charge in [-0.3, -0.25) is 0 Å². The van der Waals surface area contributed by atoms with E-state index in [-0.39, 0.29) is 11.5 Å². The molecule has 0 unspecified atom stereocenters. The number of fused-ring (bicyclic) bond motifs is 5. The minimum absolute atomic E-state index is 0.0344. The van der Waals surface area contributed by atoms with Crippen LogP contribution in [0, 0.1) is 17.3 Å². The summed E-state index contributed by atoms with van der Waals surface area (Å²) in [5.74, 6) is 2.22. The van der Waals surface area contributed by atoms with E-state index in [4.69, 9.17) is 0 Å². The third-order valence-electron chi connectivity index (χ3n) is 6.64. The fraction of sp³-hybridized carbons (Fsp3) is 0.579. The molecule has 0 heterocycles. The van der Waals surface area contributed by atoms with Crippen molar-refractivity contribution in [3.8, 4) is 5.75 Å². The van der Waals surface area contributed by atoms with Gasteiger partial charge in [-0.1, -0.05) is 19.6 Å². The molecule has 0 amide bonds. The van der Waals surface area contributed by atoms with E-state index in [2.05, 4.69) is 19.6 Å². The molecule has 5 atom stereocenters. The Labute approximate surface area is 126 Å². The summed E-state index contributed by atoms with van der Waals surface area (Å²) in [7, 11) is 0. The molecule has 0 bridgehead atoms. The van der Waals surface area contributed by atoms with Crippen molar-refractivity contribution < 1.29 is 10.2 Å². The number of phenols is 1. The lowest BCUT2D eigenvalue weighted by molar-refractivity contribution is -0.0159. The topological polar surface area (TPSA) is 40.5 Å². The van der Waals surface area contributed by atoms with Gasteiger partial charge >= 0.3 is 0 Å². The Hall–Kier alpha value is -1.28. The second-order valence-corrected chi connectivity index (χ2v) is 7.61. The molecule has 0 aromatic heterocycles. The van der Waals surface area contributed by atoms with Crippen molar-refractivity contribution >= 4 is 0 Å². The fourth-order valence-corrected chi connectivity index (χ4v) is 5.50. The molecule has 0 aliphatic heterocycles. The largest absolute Gasteiger partial charge is 0.508 e. The van der Waals surface area contributed by atoms with Gasteiger partial charge in [0.2, 0.25) is 0 Å². The highest BCUT2D eigenvalue weighted by Gasteiger charge is 2.55. The molecule has 2 saturated carbocycles. The summed E-state index contributed by atoms with van der Waals surface area (Å²) < 4.78 is 0. The monoisotopic (exact) mass is 284 g/mol. The maximum Gasteiger partial charge on any atom is 0.115 e. The molecule has 3 aliphatic rings. The Morgan fingerprint density at radius 2 is 2.10 bits per heavy atom. The van der Waals surface area contributed by atoms with Crippen LogP contribution in [0.1, 0.15) is 49.7 Å². The number of hydrogen-bond acceptors (Lipinski definition) is 2. The number of aliphatic hydroxyl groups excluding tert-OH is 1. The van der Waals surface area contributed by atoms with Gasteiger partial charge in [-0.25, -0.2) is 0 Å². The highest BCUT2D eigenvalue weighted by molar-refractivity contribution is 5.40. The van der Waals surface area contributed by atoms with Crippen LogP contribution in [0.25, 0.3) is 0 Å². The maximum atomic E-state index is 10.5. The quantitative estimate of drug-likeness (QED) is 0.712. The maximum absolute atomic E-state index is 10.5. The van der Waals surface area contributed by atoms with Crippen LogP contribution in [0.4, 0.5) is 0 Å². The number of phenolic OH excluding ortho intramolecular Hbond substituents is 1. The van der Waals surface area contributed by atoms with E-state index in [1.165, 1.54) is 17.5 Å². The first-order valence-corrected chi connectivity index (χ1v) is 8.18. The van der Waals surface area contributed by atoms with Crippen LogP contribution >= 0.6 is 0 Å². The normalized spacial score (nSPS) is 41.3. The van der Waals surface area contributed by atoms with Gasteiger partial charge in [0.05, 0.1) is 6.10 Å². The average Bonchev–Trinajstić information content (AvgIpc) is 2.70. The number of benzene rings is 1. The van der Waals surface area contributed by atoms with Gasteiger partial charge in [0.15, 0.2) is 0 Å². The van der Waals surface area contributed by atoms with E-state index in [1.807, 2.05) is 12.1 Å². The van der Waals surface area contributed by atoms with Crippen LogP contribution in [0.5, 0.6) is 5.75 Å². The number of aliphatic hydroxyl groups is 1. The van der Waals surface area contributed by atoms with Crippen molar-refractivity contribution in [1.82, 2.24) is 0 Å². The summed E-state index contributed by atoms with van der Waals surface area (Å²) in [5, 5.41) is 20.2. The van der Waals surface area contributed by atoms with Crippen molar-refractivity contribution in [2.24, 2.45) is 17.3 Å². The first-order valence-electron chi connectivity index (χ1n) is 8.18. The van der Waals surface area contributed by atoms with Crippen LogP contribution < -0.4 is 0 Å². The highest BCUT2D eigenvalue weighted by Crippen LogP contribution is 2.61. The van der Waals surface area contributed by atoms with E-state index in [9.17, 15) is 10.2 Å². The minimum atomic E-state index is -0.315. The van der Waals surface area contributed by atoms with Crippen LogP contribution in [0.2, 0.25) is 0 Å². The molecule has 2 heteroatoms. The molecule has 2 fully saturated rings. The lowest BCUT2D eigenvalue weighted by atomic mass is 9.55. The van der Waals surface area contributed by atoms with Crippen LogP contribution in [0.3, 0.4) is 0 Å². The molecule has 112 valence electrons. The second-order valence-electron chi connectivity index (χ2n) is 7.61. The van der Waals surface area contributed by atoms with Crippen LogP contribution in [-0.4, -0.2) is 16.3 Å². The van der Waals surface area contributed by atoms with Crippen molar-refractivity contribution in [1.29, 1.82) is 0 Å². The van der Waals surface area contributed by atoms with Crippen LogP contribution in [0.15, 0.2) is 30.4 Å². The summed E-state index contributed by atoms with van der Waals surface area (Å²) in [6, 6.07) is 5.91. The molecule has 4 rings (SSSR count). The third-order valence-corrected chi connectivity index (χ3v) is 6.64. The number of hydrogen-bond donors (Lipinski definition) is 2. The van der Waals surface area contributed by atoms with E-state index in [0.29, 0.717) is 23.5 Å². The van der Waals surface area contributed by atoms with Gasteiger partial charge in [0.1, 0.15) is 5.75 Å². The van der Waals surface area contributed by atoms with Gasteiger partial charge in [-0.15, -0.1) is 0 Å². The average molecular weight is 284 g/mol. The zero-order valence-electron chi connectivity index (χ0n) is 12.7. The number of rotatable bonds is 0. The number of aromatic hydroxyl groups is 1. The molecule has 3 aliphatic carbocycles. The Bertz CT molecular complexity index is 606. The van der Waals surface area contributed by atoms with Gasteiger partial charge < -0.3 is 10.2 Å². The van der Waals surface area contributed by atoms with E-state index in [1.54, 1.807) is 0 Å². The zero-order chi connectivity index (χ0) is 14.8. The summed E-state index contributed by atoms with van der Waals surface area (Å²) in [4.78, 5) is 0. The fourth-order valence-electron chi connectivity index (χ4n) is 5.50. The molecule has 2 nitrogen and oxygen atoms in total. The first-order chi connectivity index (χ1) is 10.0. The van der Waals surface area contributed by atoms with Crippen molar-refractivity contribution in [2.45, 2.75) is 51.0 Å². The van der Waals surface area contributed by atoms with Crippen molar-refractivity contribution in [3.63, 3.8) is 0 Å². The van der Waals surface area contributed by atoms with Gasteiger partial charge in [0.25, 0.3) is 0 Å². The van der Waals surface area contributed by atoms with Gasteiger partial charge in [-0.05, 0) is 78.7 Å². The molecule has 0 radical (unpaired) electrons. The molecule has 2 N–H and O–H groups in total. The molecule has 1 aromatic rings. The summed E-state index contributed by atoms with van der Waals surface area (Å²) >= 11 is 0. The minimum Gasteiger partial charge on any atom is -0.508 e. The second kappa shape index (κ2) is 4.36. The van der Waals surface area contributed by atoms with Gasteiger partial charge in [0, 0.05) is 5.41 Å². The van der Waals surface area contributed by atoms with E-state index < -0.39 is 0 Å². The van der Waals surface area contributed by atoms with Gasteiger partial charge in [-0.2, -0.15) is 0 Å². The zero-order valence-corrected chi connectivity index (χ0v) is 12.7. The summed E-state index contributed by atoms with van der Waals surface area (Å²) in [6.07, 6.45) is 5.15. The molecule has 21 heavy (non-hydrogen) atoms. The molecular formula is C19H24O2. The first kappa shape index (κ1) is 13.4. The van der Waals surface area contributed by atoms with Crippen molar-refractivity contribution in [2.75, 3.05) is 0 Å². The number of aryl methyl sites for hydroxylation is 1. The SMILES string of the molecule is C=C1C[C@H]2[C@@H]3CCc4cc(O)ccc4[C@H]3CC[C@]2(C)[C@H]1O. The van der Waals surface area contributed by atoms with Crippen molar-refractivity contribution in [3.05, 3.63) is 41.5 Å². The Morgan fingerprint density at radius 3 is 2.90 bits per heavy atom. The molecule has 1 aromatic carbocycles. The van der Waals surface area contributed by atoms with Crippen LogP contribution in [-0.2, 0) is 6.42 Å². The highest BCUT2D eigenvalue weighted by atomic mass is 16.3. The smallest absolute Gasteiger partial charge is 0.115 e. The molecular weight excluding hydrogens is 260 g/mol. The summed E-state index contributed by atoms with van der Waals surface area (Å²) in [6.45, 7) is 6.38. The molecule has 0 saturated heterocycles. The standard InChI is InChI=1S/C19H24O2/c1-11-9-17-16-5-3-12-10-13(20)4-6-14(12)15(16)7-8-19(17,2)18(11)21/h4,6,10,15-18,20-21H,1,3,5,7-9H2,2H3/t15-,16-,17+,18+,19+/m1/s1. The van der Waals surface area contributed by atoms with E-state index in [0.717, 1.165) is 31.3 Å². The van der Waals surface area contributed by atoms with E-state index >= 15 is 0 Å². The lowest BCUT2D eigenvalue weighted by Gasteiger charge is -2.49. The Kier molecular flexibility index (Phi) is 2.78. The summed E-state index contributed by atoms with van der Waals surface area (Å²) in [5.41, 5.74) is 3.85. The predicted molar refractivity (Wildman–Crippen MR) is 83.3 cm³/mol. The Balaban J connectivity index is 1.73. The molecule has 0 spiro atoms. The Morgan fingerprint density at radius 1 is 1.29 bits per heavy atom. The predicted octanol–water partition coefficient (Wildman–Crippen LogP) is 3.78.